The number of nitrogens with zero attached hydrogens (tertiary/aromatic N) is 3. The van der Waals surface area contributed by atoms with Gasteiger partial charge in [0.05, 0.1) is 13.2 Å². The first-order chi connectivity index (χ1) is 12.4. The molecule has 1 fully saturated rings. The fourth-order valence-corrected chi connectivity index (χ4v) is 2.57. The van der Waals surface area contributed by atoms with Gasteiger partial charge in [-0.1, -0.05) is 0 Å². The van der Waals surface area contributed by atoms with Gasteiger partial charge in [0.15, 0.2) is 5.96 Å². The quantitative estimate of drug-likeness (QED) is 0.200. The van der Waals surface area contributed by atoms with Gasteiger partial charge in [-0.15, -0.1) is 24.0 Å². The molecule has 8 nitrogen and oxygen atoms in total. The highest BCUT2D eigenvalue weighted by atomic mass is 127. The summed E-state index contributed by atoms with van der Waals surface area (Å²) in [5.74, 6) is 0.644. The topological polar surface area (TPSA) is 78.4 Å². The van der Waals surface area contributed by atoms with Crippen molar-refractivity contribution >= 4 is 35.8 Å². The maximum atomic E-state index is 11.8. The highest BCUT2D eigenvalue weighted by molar-refractivity contribution is 14.0. The summed E-state index contributed by atoms with van der Waals surface area (Å²) in [5.41, 5.74) is -0.0247. The molecular weight excluding hydrogens is 461 g/mol. The summed E-state index contributed by atoms with van der Waals surface area (Å²) in [7, 11) is 3.48. The Bertz CT molecular complexity index is 441. The molecule has 0 atom stereocenters. The second kappa shape index (κ2) is 14.4. The van der Waals surface area contributed by atoms with Crippen molar-refractivity contribution in [1.29, 1.82) is 0 Å². The van der Waals surface area contributed by atoms with E-state index in [2.05, 4.69) is 34.4 Å². The van der Waals surface area contributed by atoms with Gasteiger partial charge >= 0.3 is 0 Å². The van der Waals surface area contributed by atoms with Gasteiger partial charge in [-0.3, -0.25) is 9.69 Å². The molecule has 0 aliphatic carbocycles. The van der Waals surface area contributed by atoms with Crippen molar-refractivity contribution in [1.82, 2.24) is 20.4 Å². The van der Waals surface area contributed by atoms with Gasteiger partial charge in [0, 0.05) is 59.0 Å². The summed E-state index contributed by atoms with van der Waals surface area (Å²) in [6, 6.07) is 0. The Kier molecular flexibility index (Phi) is 14.0. The van der Waals surface area contributed by atoms with Crippen LogP contribution >= 0.6 is 24.0 Å². The molecule has 2 N–H and O–H groups in total. The third-order valence-electron chi connectivity index (χ3n) is 4.39. The van der Waals surface area contributed by atoms with Gasteiger partial charge in [-0.05, 0) is 27.2 Å². The van der Waals surface area contributed by atoms with E-state index in [4.69, 9.17) is 9.47 Å². The molecule has 1 heterocycles. The van der Waals surface area contributed by atoms with Crippen LogP contribution in [0.15, 0.2) is 4.99 Å². The number of amides is 1. The minimum Gasteiger partial charge on any atom is -0.382 e. The van der Waals surface area contributed by atoms with Crippen LogP contribution in [0.3, 0.4) is 0 Å². The van der Waals surface area contributed by atoms with Crippen molar-refractivity contribution in [3.8, 4) is 0 Å². The Morgan fingerprint density at radius 1 is 1.26 bits per heavy atom. The van der Waals surface area contributed by atoms with Crippen LogP contribution < -0.4 is 10.6 Å². The van der Waals surface area contributed by atoms with Gasteiger partial charge in [0.25, 0.3) is 0 Å². The summed E-state index contributed by atoms with van der Waals surface area (Å²) in [4.78, 5) is 20.2. The van der Waals surface area contributed by atoms with Gasteiger partial charge in [-0.2, -0.15) is 0 Å². The molecule has 9 heteroatoms. The van der Waals surface area contributed by atoms with Crippen molar-refractivity contribution in [3.05, 3.63) is 0 Å². The van der Waals surface area contributed by atoms with Gasteiger partial charge in [0.1, 0.15) is 6.54 Å². The number of halogens is 1. The van der Waals surface area contributed by atoms with Crippen molar-refractivity contribution in [3.63, 3.8) is 0 Å². The zero-order valence-electron chi connectivity index (χ0n) is 17.5. The number of likely N-dealkylation sites (N-methyl/N-ethyl adjacent to an activating group) is 1. The smallest absolute Gasteiger partial charge is 0.243 e. The summed E-state index contributed by atoms with van der Waals surface area (Å²) in [6.45, 7) is 12.9. The van der Waals surface area contributed by atoms with Gasteiger partial charge in [-0.25, -0.2) is 4.99 Å². The van der Waals surface area contributed by atoms with Crippen LogP contribution in [0.4, 0.5) is 0 Å². The molecule has 27 heavy (non-hydrogen) atoms. The summed E-state index contributed by atoms with van der Waals surface area (Å²) >= 11 is 0. The number of nitrogens with one attached hydrogen (secondary N) is 2. The van der Waals surface area contributed by atoms with Crippen LogP contribution in [0.25, 0.3) is 0 Å². The lowest BCUT2D eigenvalue weighted by molar-refractivity contribution is -0.127. The van der Waals surface area contributed by atoms with Gasteiger partial charge < -0.3 is 25.0 Å². The Labute approximate surface area is 181 Å². The third kappa shape index (κ3) is 11.1. The normalized spacial score (nSPS) is 15.8. The Hall–Kier alpha value is -0.650. The average Bonchev–Trinajstić information content (AvgIpc) is 2.63. The summed E-state index contributed by atoms with van der Waals surface area (Å²) < 4.78 is 10.8. The molecule has 0 saturated carbocycles. The Morgan fingerprint density at radius 3 is 2.52 bits per heavy atom. The van der Waals surface area contributed by atoms with E-state index < -0.39 is 0 Å². The van der Waals surface area contributed by atoms with Crippen molar-refractivity contribution in [2.75, 3.05) is 73.2 Å². The highest BCUT2D eigenvalue weighted by Crippen LogP contribution is 2.14. The highest BCUT2D eigenvalue weighted by Gasteiger charge is 2.28. The van der Waals surface area contributed by atoms with E-state index in [1.54, 1.807) is 19.0 Å². The molecule has 1 saturated heterocycles. The molecule has 1 aliphatic rings. The first kappa shape index (κ1) is 26.4. The lowest BCUT2D eigenvalue weighted by Gasteiger charge is -2.41. The second-order valence-corrected chi connectivity index (χ2v) is 7.20. The number of hydrogen-bond donors (Lipinski definition) is 2. The molecule has 0 aromatic rings. The van der Waals surface area contributed by atoms with Crippen LogP contribution in [-0.4, -0.2) is 100 Å². The Morgan fingerprint density at radius 2 is 1.93 bits per heavy atom. The van der Waals surface area contributed by atoms with Crippen LogP contribution in [-0.2, 0) is 14.3 Å². The average molecular weight is 499 g/mol. The van der Waals surface area contributed by atoms with E-state index in [0.717, 1.165) is 52.4 Å². The maximum Gasteiger partial charge on any atom is 0.243 e. The van der Waals surface area contributed by atoms with Crippen molar-refractivity contribution in [2.24, 2.45) is 4.99 Å². The van der Waals surface area contributed by atoms with Crippen LogP contribution in [0.1, 0.15) is 27.2 Å². The van der Waals surface area contributed by atoms with Crippen LogP contribution in [0.5, 0.6) is 0 Å². The number of guanidine groups is 1. The molecule has 160 valence electrons. The lowest BCUT2D eigenvalue weighted by atomic mass is 10.0. The predicted octanol–water partition coefficient (Wildman–Crippen LogP) is 0.765. The molecular formula is C18H38IN5O3. The molecule has 0 aromatic heterocycles. The van der Waals surface area contributed by atoms with Crippen molar-refractivity contribution < 1.29 is 14.3 Å². The monoisotopic (exact) mass is 499 g/mol. The number of carbonyl (C=O) groups is 1. The fraction of sp³-hybridized carbons (Fsp3) is 0.889. The predicted molar refractivity (Wildman–Crippen MR) is 120 cm³/mol. The number of aliphatic imine (C=N–C) groups is 1. The first-order valence-electron chi connectivity index (χ1n) is 9.49. The number of carbonyl (C=O) groups excluding carboxylic acids is 1. The number of ether oxygens (including phenoxy) is 2. The number of morpholine rings is 1. The molecule has 0 radical (unpaired) electrons. The van der Waals surface area contributed by atoms with E-state index in [-0.39, 0.29) is 42.0 Å². The van der Waals surface area contributed by atoms with Crippen LogP contribution in [0, 0.1) is 0 Å². The number of rotatable bonds is 10. The lowest BCUT2D eigenvalue weighted by Crippen LogP contribution is -2.56. The first-order valence-corrected chi connectivity index (χ1v) is 9.49. The summed E-state index contributed by atoms with van der Waals surface area (Å²) in [5, 5.41) is 6.68. The van der Waals surface area contributed by atoms with Crippen LogP contribution in [0.2, 0.25) is 0 Å². The molecule has 1 rings (SSSR count). The molecule has 0 spiro atoms. The number of hydrogen-bond acceptors (Lipinski definition) is 5. The minimum atomic E-state index is -0.0247. The third-order valence-corrected chi connectivity index (χ3v) is 4.39. The van der Waals surface area contributed by atoms with E-state index in [1.165, 1.54) is 0 Å². The largest absolute Gasteiger partial charge is 0.382 e. The van der Waals surface area contributed by atoms with Gasteiger partial charge in [0.2, 0.25) is 5.91 Å². The second-order valence-electron chi connectivity index (χ2n) is 7.20. The van der Waals surface area contributed by atoms with E-state index in [9.17, 15) is 4.79 Å². The molecule has 1 aliphatic heterocycles. The minimum absolute atomic E-state index is 0. The van der Waals surface area contributed by atoms with E-state index in [0.29, 0.717) is 12.6 Å². The zero-order chi connectivity index (χ0) is 19.4. The Balaban J connectivity index is 0.00000676. The molecule has 0 aromatic carbocycles. The summed E-state index contributed by atoms with van der Waals surface area (Å²) in [6.07, 6.45) is 0.892. The standard InChI is InChI=1S/C18H37N5O3.HI/c1-6-25-11-7-8-19-17(20-14-16(24)22(4)5)21-15-18(2,3)23-9-12-26-13-10-23;/h6-15H2,1-5H3,(H2,19,20,21);1H. The molecule has 0 bridgehead atoms. The SMILES string of the molecule is CCOCCCNC(=NCC(=O)N(C)C)NCC(C)(C)N1CCOCC1.I. The van der Waals surface area contributed by atoms with E-state index in [1.807, 2.05) is 6.92 Å². The molecule has 0 unspecified atom stereocenters. The maximum absolute atomic E-state index is 11.8. The fourth-order valence-electron chi connectivity index (χ4n) is 2.57. The zero-order valence-corrected chi connectivity index (χ0v) is 19.9. The van der Waals surface area contributed by atoms with Crippen molar-refractivity contribution in [2.45, 2.75) is 32.7 Å². The molecule has 1 amide bonds. The van der Waals surface area contributed by atoms with E-state index >= 15 is 0 Å².